The van der Waals surface area contributed by atoms with Gasteiger partial charge in [0.15, 0.2) is 0 Å². The van der Waals surface area contributed by atoms with Crippen molar-refractivity contribution in [1.29, 1.82) is 0 Å². The second kappa shape index (κ2) is 7.68. The molecular weight excluding hydrogens is 372 g/mol. The molecule has 4 aromatic rings. The molecule has 0 unspecified atom stereocenters. The van der Waals surface area contributed by atoms with Crippen molar-refractivity contribution in [3.8, 4) is 11.3 Å². The van der Waals surface area contributed by atoms with Gasteiger partial charge in [-0.3, -0.25) is 4.79 Å². The molecule has 30 heavy (non-hydrogen) atoms. The van der Waals surface area contributed by atoms with Crippen molar-refractivity contribution in [3.05, 3.63) is 120 Å². The molecule has 0 saturated heterocycles. The fraction of sp³-hybridized carbons (Fsp3) is 0. The van der Waals surface area contributed by atoms with E-state index in [-0.39, 0.29) is 5.91 Å². The number of amides is 1. The SMILES string of the molecule is O=C1/C(=C\c2ccc(-c3ccccc3)o2)C(c2ccccc2)=NN1c1ccccc1. The van der Waals surface area contributed by atoms with Crippen LogP contribution in [0.3, 0.4) is 0 Å². The Labute approximate surface area is 174 Å². The van der Waals surface area contributed by atoms with Crippen LogP contribution in [0.25, 0.3) is 17.4 Å². The number of para-hydroxylation sites is 1. The van der Waals surface area contributed by atoms with E-state index < -0.39 is 0 Å². The van der Waals surface area contributed by atoms with Gasteiger partial charge in [0, 0.05) is 11.1 Å². The Morgan fingerprint density at radius 1 is 0.700 bits per heavy atom. The van der Waals surface area contributed by atoms with Gasteiger partial charge in [-0.1, -0.05) is 78.9 Å². The van der Waals surface area contributed by atoms with Gasteiger partial charge in [0.25, 0.3) is 5.91 Å². The van der Waals surface area contributed by atoms with Crippen LogP contribution in [0.1, 0.15) is 11.3 Å². The Balaban J connectivity index is 1.57. The minimum Gasteiger partial charge on any atom is -0.457 e. The average Bonchev–Trinajstić information content (AvgIpc) is 3.41. The highest BCUT2D eigenvalue weighted by molar-refractivity contribution is 6.37. The monoisotopic (exact) mass is 390 g/mol. The molecule has 2 heterocycles. The third-order valence-corrected chi connectivity index (χ3v) is 4.90. The molecule has 1 aromatic heterocycles. The maximum Gasteiger partial charge on any atom is 0.281 e. The Kier molecular flexibility index (Phi) is 4.58. The van der Waals surface area contributed by atoms with Crippen LogP contribution in [0.2, 0.25) is 0 Å². The van der Waals surface area contributed by atoms with Gasteiger partial charge >= 0.3 is 0 Å². The number of hydrazone groups is 1. The molecule has 0 radical (unpaired) electrons. The van der Waals surface area contributed by atoms with Crippen molar-refractivity contribution >= 4 is 23.4 Å². The molecule has 0 N–H and O–H groups in total. The van der Waals surface area contributed by atoms with Crippen molar-refractivity contribution < 1.29 is 9.21 Å². The summed E-state index contributed by atoms with van der Waals surface area (Å²) in [5.74, 6) is 1.18. The van der Waals surface area contributed by atoms with Gasteiger partial charge in [0.2, 0.25) is 0 Å². The molecule has 0 fully saturated rings. The standard InChI is InChI=1S/C26H18N2O2/c29-26-23(18-22-16-17-24(30-22)19-10-4-1-5-11-19)25(20-12-6-2-7-13-20)27-28(26)21-14-8-3-9-15-21/h1-18H/b23-18-. The molecule has 0 aliphatic carbocycles. The molecule has 1 amide bonds. The summed E-state index contributed by atoms with van der Waals surface area (Å²) in [5.41, 5.74) is 3.72. The molecule has 0 bridgehead atoms. The molecular formula is C26H18N2O2. The number of hydrogen-bond donors (Lipinski definition) is 0. The Bertz CT molecular complexity index is 1240. The summed E-state index contributed by atoms with van der Waals surface area (Å²) in [6.45, 7) is 0. The number of hydrogen-bond acceptors (Lipinski definition) is 3. The minimum absolute atomic E-state index is 0.183. The van der Waals surface area contributed by atoms with Crippen LogP contribution in [0.4, 0.5) is 5.69 Å². The lowest BCUT2D eigenvalue weighted by Crippen LogP contribution is -2.21. The maximum atomic E-state index is 13.3. The third-order valence-electron chi connectivity index (χ3n) is 4.90. The van der Waals surface area contributed by atoms with E-state index in [0.717, 1.165) is 22.6 Å². The van der Waals surface area contributed by atoms with Crippen LogP contribution < -0.4 is 5.01 Å². The summed E-state index contributed by atoms with van der Waals surface area (Å²) < 4.78 is 6.00. The second-order valence-electron chi connectivity index (χ2n) is 6.89. The first-order chi connectivity index (χ1) is 14.8. The first-order valence-corrected chi connectivity index (χ1v) is 9.70. The van der Waals surface area contributed by atoms with E-state index >= 15 is 0 Å². The fourth-order valence-corrected chi connectivity index (χ4v) is 3.43. The van der Waals surface area contributed by atoms with E-state index in [4.69, 9.17) is 4.42 Å². The summed E-state index contributed by atoms with van der Waals surface area (Å²) in [4.78, 5) is 13.3. The number of nitrogens with zero attached hydrogens (tertiary/aromatic N) is 2. The molecule has 0 atom stereocenters. The number of furan rings is 1. The quantitative estimate of drug-likeness (QED) is 0.415. The first-order valence-electron chi connectivity index (χ1n) is 9.70. The van der Waals surface area contributed by atoms with Crippen molar-refractivity contribution in [2.24, 2.45) is 5.10 Å². The van der Waals surface area contributed by atoms with E-state index in [1.807, 2.05) is 103 Å². The average molecular weight is 390 g/mol. The van der Waals surface area contributed by atoms with E-state index in [2.05, 4.69) is 5.10 Å². The molecule has 0 spiro atoms. The summed E-state index contributed by atoms with van der Waals surface area (Å²) in [7, 11) is 0. The largest absolute Gasteiger partial charge is 0.457 e. The van der Waals surface area contributed by atoms with Crippen LogP contribution in [0, 0.1) is 0 Å². The topological polar surface area (TPSA) is 45.8 Å². The minimum atomic E-state index is -0.183. The molecule has 1 aliphatic heterocycles. The molecule has 4 nitrogen and oxygen atoms in total. The van der Waals surface area contributed by atoms with E-state index in [0.29, 0.717) is 17.0 Å². The van der Waals surface area contributed by atoms with Gasteiger partial charge < -0.3 is 4.42 Å². The zero-order chi connectivity index (χ0) is 20.3. The van der Waals surface area contributed by atoms with Crippen LogP contribution in [-0.2, 0) is 4.79 Å². The Morgan fingerprint density at radius 2 is 1.30 bits per heavy atom. The van der Waals surface area contributed by atoms with Crippen molar-refractivity contribution in [2.75, 3.05) is 5.01 Å². The summed E-state index contributed by atoms with van der Waals surface area (Å²) in [6.07, 6.45) is 1.77. The maximum absolute atomic E-state index is 13.3. The molecule has 4 heteroatoms. The van der Waals surface area contributed by atoms with Crippen LogP contribution >= 0.6 is 0 Å². The summed E-state index contributed by atoms with van der Waals surface area (Å²) in [6, 6.07) is 32.8. The normalized spacial score (nSPS) is 14.9. The lowest BCUT2D eigenvalue weighted by molar-refractivity contribution is -0.114. The van der Waals surface area contributed by atoms with Gasteiger partial charge in [0.05, 0.1) is 11.3 Å². The van der Waals surface area contributed by atoms with Gasteiger partial charge in [-0.2, -0.15) is 10.1 Å². The predicted molar refractivity (Wildman–Crippen MR) is 119 cm³/mol. The number of carbonyl (C=O) groups is 1. The smallest absolute Gasteiger partial charge is 0.281 e. The Hall–Kier alpha value is -4.18. The van der Waals surface area contributed by atoms with Gasteiger partial charge in [-0.25, -0.2) is 0 Å². The number of anilines is 1. The van der Waals surface area contributed by atoms with Gasteiger partial charge in [-0.05, 0) is 30.3 Å². The zero-order valence-electron chi connectivity index (χ0n) is 16.1. The van der Waals surface area contributed by atoms with E-state index in [1.54, 1.807) is 6.08 Å². The highest BCUT2D eigenvalue weighted by Crippen LogP contribution is 2.29. The van der Waals surface area contributed by atoms with Gasteiger partial charge in [-0.15, -0.1) is 0 Å². The van der Waals surface area contributed by atoms with Gasteiger partial charge in [0.1, 0.15) is 17.2 Å². The molecule has 1 aliphatic rings. The molecule has 3 aromatic carbocycles. The van der Waals surface area contributed by atoms with Crippen LogP contribution in [0.5, 0.6) is 0 Å². The lowest BCUT2D eigenvalue weighted by atomic mass is 10.0. The highest BCUT2D eigenvalue weighted by Gasteiger charge is 2.32. The zero-order valence-corrected chi connectivity index (χ0v) is 16.1. The van der Waals surface area contributed by atoms with E-state index in [1.165, 1.54) is 5.01 Å². The fourth-order valence-electron chi connectivity index (χ4n) is 3.43. The second-order valence-corrected chi connectivity index (χ2v) is 6.89. The molecule has 144 valence electrons. The summed E-state index contributed by atoms with van der Waals surface area (Å²) in [5, 5.41) is 6.08. The molecule has 5 rings (SSSR count). The van der Waals surface area contributed by atoms with Crippen molar-refractivity contribution in [3.63, 3.8) is 0 Å². The number of carbonyl (C=O) groups excluding carboxylic acids is 1. The van der Waals surface area contributed by atoms with Crippen LogP contribution in [-0.4, -0.2) is 11.6 Å². The third kappa shape index (κ3) is 3.35. The van der Waals surface area contributed by atoms with Crippen molar-refractivity contribution in [1.82, 2.24) is 0 Å². The van der Waals surface area contributed by atoms with Crippen LogP contribution in [0.15, 0.2) is 118 Å². The molecule has 0 saturated carbocycles. The highest BCUT2D eigenvalue weighted by atomic mass is 16.3. The first kappa shape index (κ1) is 17.9. The predicted octanol–water partition coefficient (Wildman–Crippen LogP) is 5.78. The van der Waals surface area contributed by atoms with Crippen molar-refractivity contribution in [2.45, 2.75) is 0 Å². The number of benzene rings is 3. The summed E-state index contributed by atoms with van der Waals surface area (Å²) >= 11 is 0. The lowest BCUT2D eigenvalue weighted by Gasteiger charge is -2.10. The van der Waals surface area contributed by atoms with E-state index in [9.17, 15) is 4.79 Å². The number of rotatable bonds is 4. The Morgan fingerprint density at radius 3 is 1.97 bits per heavy atom.